The first-order valence-corrected chi connectivity index (χ1v) is 5.39. The fourth-order valence-corrected chi connectivity index (χ4v) is 1.42. The SMILES string of the molecule is O=c1cc(CO)occ1OCc1ccc(F)cc1F. The Labute approximate surface area is 106 Å². The van der Waals surface area contributed by atoms with Gasteiger partial charge in [0.15, 0.2) is 0 Å². The van der Waals surface area contributed by atoms with Gasteiger partial charge in [-0.25, -0.2) is 8.78 Å². The van der Waals surface area contributed by atoms with Gasteiger partial charge in [0.2, 0.25) is 11.2 Å². The van der Waals surface area contributed by atoms with Gasteiger partial charge in [-0.1, -0.05) is 0 Å². The molecule has 0 spiro atoms. The zero-order chi connectivity index (χ0) is 13.8. The van der Waals surface area contributed by atoms with E-state index in [-0.39, 0.29) is 23.7 Å². The summed E-state index contributed by atoms with van der Waals surface area (Å²) in [5, 5.41) is 8.76. The molecule has 100 valence electrons. The van der Waals surface area contributed by atoms with Crippen molar-refractivity contribution in [1.82, 2.24) is 0 Å². The third kappa shape index (κ3) is 3.17. The number of halogens is 2. The van der Waals surface area contributed by atoms with E-state index in [1.165, 1.54) is 6.07 Å². The molecule has 2 rings (SSSR count). The van der Waals surface area contributed by atoms with E-state index in [1.807, 2.05) is 0 Å². The molecule has 6 heteroatoms. The Morgan fingerprint density at radius 1 is 1.26 bits per heavy atom. The molecule has 1 aromatic carbocycles. The standard InChI is InChI=1S/C13H10F2O4/c14-9-2-1-8(11(15)3-9)6-19-13-7-18-10(5-16)4-12(13)17/h1-4,7,16H,5-6H2. The second kappa shape index (κ2) is 5.62. The van der Waals surface area contributed by atoms with Gasteiger partial charge in [0.25, 0.3) is 0 Å². The Morgan fingerprint density at radius 2 is 2.05 bits per heavy atom. The number of ether oxygens (including phenoxy) is 1. The molecule has 0 radical (unpaired) electrons. The van der Waals surface area contributed by atoms with Gasteiger partial charge in [-0.3, -0.25) is 4.79 Å². The topological polar surface area (TPSA) is 59.7 Å². The molecule has 4 nitrogen and oxygen atoms in total. The molecular weight excluding hydrogens is 258 g/mol. The van der Waals surface area contributed by atoms with Gasteiger partial charge in [-0.15, -0.1) is 0 Å². The number of aliphatic hydroxyl groups excluding tert-OH is 1. The van der Waals surface area contributed by atoms with Crippen molar-refractivity contribution in [1.29, 1.82) is 0 Å². The minimum atomic E-state index is -0.753. The lowest BCUT2D eigenvalue weighted by Crippen LogP contribution is -2.08. The first-order valence-electron chi connectivity index (χ1n) is 5.39. The molecule has 1 heterocycles. The fraction of sp³-hybridized carbons (Fsp3) is 0.154. The average molecular weight is 268 g/mol. The Morgan fingerprint density at radius 3 is 2.68 bits per heavy atom. The molecule has 0 saturated carbocycles. The fourth-order valence-electron chi connectivity index (χ4n) is 1.42. The van der Waals surface area contributed by atoms with Gasteiger partial charge < -0.3 is 14.3 Å². The lowest BCUT2D eigenvalue weighted by Gasteiger charge is -2.06. The monoisotopic (exact) mass is 268 g/mol. The van der Waals surface area contributed by atoms with Crippen molar-refractivity contribution in [2.75, 3.05) is 0 Å². The van der Waals surface area contributed by atoms with Crippen molar-refractivity contribution in [3.05, 3.63) is 63.7 Å². The Bertz CT molecular complexity index is 637. The van der Waals surface area contributed by atoms with Crippen LogP contribution in [-0.2, 0) is 13.2 Å². The van der Waals surface area contributed by atoms with Crippen molar-refractivity contribution >= 4 is 0 Å². The number of hydrogen-bond donors (Lipinski definition) is 1. The maximum absolute atomic E-state index is 13.3. The lowest BCUT2D eigenvalue weighted by molar-refractivity contribution is 0.235. The summed E-state index contributed by atoms with van der Waals surface area (Å²) in [5.74, 6) is -1.45. The highest BCUT2D eigenvalue weighted by atomic mass is 19.1. The van der Waals surface area contributed by atoms with E-state index in [0.717, 1.165) is 24.5 Å². The summed E-state index contributed by atoms with van der Waals surface area (Å²) >= 11 is 0. The van der Waals surface area contributed by atoms with E-state index in [2.05, 4.69) is 0 Å². The molecule has 0 amide bonds. The summed E-state index contributed by atoms with van der Waals surface area (Å²) in [6.45, 7) is -0.628. The first kappa shape index (κ1) is 13.2. The minimum Gasteiger partial charge on any atom is -0.482 e. The summed E-state index contributed by atoms with van der Waals surface area (Å²) in [4.78, 5) is 11.5. The van der Waals surface area contributed by atoms with Gasteiger partial charge in [-0.2, -0.15) is 0 Å². The second-order valence-corrected chi connectivity index (χ2v) is 3.76. The van der Waals surface area contributed by atoms with E-state index < -0.39 is 23.7 Å². The molecule has 1 N–H and O–H groups in total. The van der Waals surface area contributed by atoms with Crippen molar-refractivity contribution in [3.8, 4) is 5.75 Å². The molecule has 0 aliphatic rings. The van der Waals surface area contributed by atoms with Gasteiger partial charge in [0, 0.05) is 17.7 Å². The molecule has 0 bridgehead atoms. The Hall–Kier alpha value is -2.21. The minimum absolute atomic E-state index is 0.102. The first-order chi connectivity index (χ1) is 9.10. The van der Waals surface area contributed by atoms with Gasteiger partial charge >= 0.3 is 0 Å². The number of hydrogen-bond acceptors (Lipinski definition) is 4. The smallest absolute Gasteiger partial charge is 0.227 e. The van der Waals surface area contributed by atoms with E-state index >= 15 is 0 Å². The quantitative estimate of drug-likeness (QED) is 0.921. The van der Waals surface area contributed by atoms with Crippen LogP contribution in [0.3, 0.4) is 0 Å². The molecule has 0 saturated heterocycles. The molecular formula is C13H10F2O4. The Kier molecular flexibility index (Phi) is 3.91. The summed E-state index contributed by atoms with van der Waals surface area (Å²) < 4.78 is 36.0. The number of aliphatic hydroxyl groups is 1. The molecule has 0 atom stereocenters. The maximum Gasteiger partial charge on any atom is 0.227 e. The molecule has 0 aliphatic heterocycles. The highest BCUT2D eigenvalue weighted by molar-refractivity contribution is 5.21. The molecule has 0 fully saturated rings. The van der Waals surface area contributed by atoms with Crippen LogP contribution in [0.25, 0.3) is 0 Å². The van der Waals surface area contributed by atoms with Crippen LogP contribution >= 0.6 is 0 Å². The summed E-state index contributed by atoms with van der Waals surface area (Å²) in [6, 6.07) is 4.14. The highest BCUT2D eigenvalue weighted by Crippen LogP contribution is 2.13. The molecule has 2 aromatic rings. The third-order valence-electron chi connectivity index (χ3n) is 2.41. The zero-order valence-electron chi connectivity index (χ0n) is 9.73. The second-order valence-electron chi connectivity index (χ2n) is 3.76. The van der Waals surface area contributed by atoms with Crippen molar-refractivity contribution in [3.63, 3.8) is 0 Å². The number of benzene rings is 1. The lowest BCUT2D eigenvalue weighted by atomic mass is 10.2. The predicted octanol–water partition coefficient (Wildman–Crippen LogP) is 1.99. The van der Waals surface area contributed by atoms with Crippen LogP contribution in [0.4, 0.5) is 8.78 Å². The van der Waals surface area contributed by atoms with E-state index in [1.54, 1.807) is 0 Å². The molecule has 0 aliphatic carbocycles. The van der Waals surface area contributed by atoms with Crippen LogP contribution < -0.4 is 10.2 Å². The summed E-state index contributed by atoms with van der Waals surface area (Å²) in [6.07, 6.45) is 1.04. The van der Waals surface area contributed by atoms with Crippen LogP contribution in [0.15, 0.2) is 39.7 Å². The van der Waals surface area contributed by atoms with E-state index in [4.69, 9.17) is 14.3 Å². The van der Waals surface area contributed by atoms with Gasteiger partial charge in [-0.05, 0) is 12.1 Å². The molecule has 19 heavy (non-hydrogen) atoms. The van der Waals surface area contributed by atoms with Gasteiger partial charge in [0.1, 0.15) is 36.9 Å². The van der Waals surface area contributed by atoms with Crippen LogP contribution in [-0.4, -0.2) is 5.11 Å². The van der Waals surface area contributed by atoms with Crippen LogP contribution in [0.5, 0.6) is 5.75 Å². The summed E-state index contributed by atoms with van der Waals surface area (Å²) in [5.41, 5.74) is -0.371. The largest absolute Gasteiger partial charge is 0.482 e. The van der Waals surface area contributed by atoms with Crippen molar-refractivity contribution < 1.29 is 23.0 Å². The number of rotatable bonds is 4. The Balaban J connectivity index is 2.12. The molecule has 1 aromatic heterocycles. The maximum atomic E-state index is 13.3. The van der Waals surface area contributed by atoms with Crippen LogP contribution in [0.2, 0.25) is 0 Å². The van der Waals surface area contributed by atoms with Crippen LogP contribution in [0, 0.1) is 11.6 Å². The van der Waals surface area contributed by atoms with Crippen molar-refractivity contribution in [2.45, 2.75) is 13.2 Å². The molecule has 0 unspecified atom stereocenters. The highest BCUT2D eigenvalue weighted by Gasteiger charge is 2.08. The van der Waals surface area contributed by atoms with E-state index in [9.17, 15) is 13.6 Å². The average Bonchev–Trinajstić information content (AvgIpc) is 2.39. The summed E-state index contributed by atoms with van der Waals surface area (Å²) in [7, 11) is 0. The zero-order valence-corrected chi connectivity index (χ0v) is 9.73. The van der Waals surface area contributed by atoms with Crippen molar-refractivity contribution in [2.24, 2.45) is 0 Å². The normalized spacial score (nSPS) is 10.5. The third-order valence-corrected chi connectivity index (χ3v) is 2.41. The van der Waals surface area contributed by atoms with E-state index in [0.29, 0.717) is 0 Å². The van der Waals surface area contributed by atoms with Crippen LogP contribution in [0.1, 0.15) is 11.3 Å². The van der Waals surface area contributed by atoms with Gasteiger partial charge in [0.05, 0.1) is 0 Å². The predicted molar refractivity (Wildman–Crippen MR) is 61.6 cm³/mol.